The third-order valence-electron chi connectivity index (χ3n) is 17.3. The zero-order chi connectivity index (χ0) is 84.4. The number of methoxy groups -OCH3 is 1. The lowest BCUT2D eigenvalue weighted by Crippen LogP contribution is -2.62. The van der Waals surface area contributed by atoms with Crippen LogP contribution in [0.4, 0.5) is 0 Å². The second-order valence-corrected chi connectivity index (χ2v) is 27.5. The summed E-state index contributed by atoms with van der Waals surface area (Å²) in [4.78, 5) is 274. The Kier molecular flexibility index (Phi) is 39.2. The number of amides is 15. The summed E-state index contributed by atoms with van der Waals surface area (Å²) in [7, 11) is 0.794. The van der Waals surface area contributed by atoms with Crippen LogP contribution in [0.1, 0.15) is 138 Å². The highest BCUT2D eigenvalue weighted by Gasteiger charge is 2.42. The van der Waals surface area contributed by atoms with E-state index in [9.17, 15) is 116 Å². The molecule has 1 aliphatic heterocycles. The fourth-order valence-corrected chi connectivity index (χ4v) is 11.4. The minimum Gasteiger partial charge on any atom is -0.481 e. The van der Waals surface area contributed by atoms with E-state index in [0.29, 0.717) is 35.2 Å². The van der Waals surface area contributed by atoms with E-state index < -0.39 is 254 Å². The molecule has 112 heavy (non-hydrogen) atoms. The monoisotopic (exact) mass is 1590 g/mol. The molecule has 2 aromatic rings. The number of rotatable bonds is 34. The highest BCUT2D eigenvalue weighted by Crippen LogP contribution is 2.21. The van der Waals surface area contributed by atoms with E-state index in [-0.39, 0.29) is 32.2 Å². The molecule has 1 saturated heterocycles. The number of hydrogen-bond donors (Lipinski definition) is 21. The van der Waals surface area contributed by atoms with Crippen molar-refractivity contribution >= 4 is 129 Å². The quantitative estimate of drug-likeness (QED) is 0.0229. The molecule has 620 valence electrons. The largest absolute Gasteiger partial charge is 0.481 e. The summed E-state index contributed by atoms with van der Waals surface area (Å²) in [5.74, 6) is -30.2. The van der Waals surface area contributed by atoms with E-state index in [1.165, 1.54) is 13.8 Å². The van der Waals surface area contributed by atoms with Crippen LogP contribution in [0.5, 0.6) is 0 Å². The van der Waals surface area contributed by atoms with Gasteiger partial charge in [0.25, 0.3) is 0 Å². The Morgan fingerprint density at radius 1 is 0.562 bits per heavy atom. The van der Waals surface area contributed by atoms with Crippen molar-refractivity contribution in [1.29, 1.82) is 0 Å². The number of carboxylic acid groups (broad SMARTS) is 4. The number of primary amides is 2. The number of H-pyrrole nitrogens is 1. The lowest BCUT2D eigenvalue weighted by Gasteiger charge is -2.31. The van der Waals surface area contributed by atoms with Crippen molar-refractivity contribution in [3.8, 4) is 0 Å². The number of esters is 1. The van der Waals surface area contributed by atoms with Gasteiger partial charge in [-0.1, -0.05) is 78.5 Å². The highest BCUT2D eigenvalue weighted by atomic mass is 16.5. The number of nitrogens with two attached hydrogens (primary N) is 3. The first-order valence-corrected chi connectivity index (χ1v) is 35.9. The van der Waals surface area contributed by atoms with Crippen LogP contribution in [0.25, 0.3) is 10.9 Å². The molecule has 43 nitrogen and oxygen atoms in total. The maximum atomic E-state index is 14.6. The summed E-state index contributed by atoms with van der Waals surface area (Å²) in [5.41, 5.74) is 17.9. The number of hydrogen-bond acceptors (Lipinski definition) is 23. The van der Waals surface area contributed by atoms with Crippen LogP contribution in [-0.4, -0.2) is 249 Å². The molecule has 0 bridgehead atoms. The highest BCUT2D eigenvalue weighted by molar-refractivity contribution is 6.02. The molecule has 1 fully saturated rings. The molecule has 2 heterocycles. The molecule has 3 rings (SSSR count). The van der Waals surface area contributed by atoms with Gasteiger partial charge in [-0.3, -0.25) is 86.3 Å². The van der Waals surface area contributed by atoms with Gasteiger partial charge in [-0.2, -0.15) is 0 Å². The maximum Gasteiger partial charge on any atom is 0.335 e. The molecular formula is C69H103N17O26. The number of aromatic amines is 1. The minimum atomic E-state index is -2.34. The average molecular weight is 1590 g/mol. The molecule has 1 aromatic carbocycles. The zero-order valence-corrected chi connectivity index (χ0v) is 63.1. The van der Waals surface area contributed by atoms with E-state index in [0.717, 1.165) is 47.1 Å². The number of nitrogens with one attached hydrogen (secondary N) is 14. The Morgan fingerprint density at radius 2 is 1.12 bits per heavy atom. The Hall–Kier alpha value is -11.9. The van der Waals surface area contributed by atoms with Crippen molar-refractivity contribution in [3.63, 3.8) is 0 Å². The molecule has 0 radical (unpaired) electrons. The van der Waals surface area contributed by atoms with Crippen molar-refractivity contribution in [2.24, 2.45) is 35.0 Å². The number of aromatic nitrogens is 1. The SMILES string of the molecule is COC(C(=O)O)C1NC(=O)C(C)NC(=O)C(CC(=O)O)NC(=O)C(CCCN)NC(=O)CNC(=O)C(NC(=O)C(CC(=O)O)NC(=O)C(CC(N)=O)NC(=O)C(Cc2c[nH]c3ccccc23)NC(=O)CCCCCCC(C)C)C(C)OC(=O)C(C(C)C)NC(=O)C(C(C)CC(=O)O)NC(=O)C(CC(N)=O)NC(=O)CNC1=O. The van der Waals surface area contributed by atoms with E-state index in [1.807, 2.05) is 10.6 Å². The number of fused-ring (bicyclic) bond motifs is 1. The van der Waals surface area contributed by atoms with Gasteiger partial charge < -0.3 is 121 Å². The van der Waals surface area contributed by atoms with E-state index in [4.69, 9.17) is 26.7 Å². The molecular weight excluding hydrogens is 1480 g/mol. The molecule has 0 saturated carbocycles. The predicted octanol–water partition coefficient (Wildman–Crippen LogP) is -6.46. The molecule has 24 N–H and O–H groups in total. The lowest BCUT2D eigenvalue weighted by atomic mass is 9.95. The maximum absolute atomic E-state index is 14.6. The van der Waals surface area contributed by atoms with Crippen LogP contribution in [0.3, 0.4) is 0 Å². The van der Waals surface area contributed by atoms with Crippen molar-refractivity contribution in [1.82, 2.24) is 74.1 Å². The molecule has 0 aliphatic carbocycles. The molecule has 14 unspecified atom stereocenters. The average Bonchev–Trinajstić information content (AvgIpc) is 1.60. The Labute approximate surface area is 641 Å². The minimum absolute atomic E-state index is 0.0100. The number of para-hydroxylation sites is 1. The number of carboxylic acids is 4. The first-order chi connectivity index (χ1) is 52.6. The first-order valence-electron chi connectivity index (χ1n) is 35.9. The van der Waals surface area contributed by atoms with Gasteiger partial charge in [0, 0.05) is 37.1 Å². The van der Waals surface area contributed by atoms with E-state index >= 15 is 0 Å². The number of unbranched alkanes of at least 4 members (excludes halogenated alkanes) is 3. The number of cyclic esters (lactones) is 1. The Balaban J connectivity index is 2.23. The number of carbonyl (C=O) groups excluding carboxylic acids is 16. The first kappa shape index (κ1) is 94.3. The van der Waals surface area contributed by atoms with Crippen molar-refractivity contribution in [3.05, 3.63) is 36.0 Å². The molecule has 43 heteroatoms. The Morgan fingerprint density at radius 3 is 1.69 bits per heavy atom. The van der Waals surface area contributed by atoms with Crippen LogP contribution >= 0.6 is 0 Å². The van der Waals surface area contributed by atoms with E-state index in [1.54, 1.807) is 30.5 Å². The van der Waals surface area contributed by atoms with Gasteiger partial charge in [0.1, 0.15) is 72.6 Å². The third-order valence-corrected chi connectivity index (χ3v) is 17.3. The van der Waals surface area contributed by atoms with Gasteiger partial charge in [-0.15, -0.1) is 0 Å². The van der Waals surface area contributed by atoms with Crippen LogP contribution < -0.4 is 86.3 Å². The van der Waals surface area contributed by atoms with Gasteiger partial charge in [-0.05, 0) is 69.0 Å². The van der Waals surface area contributed by atoms with Crippen LogP contribution in [0.2, 0.25) is 0 Å². The standard InChI is InChI=1S/C69H103N17O26/c1-31(2)16-11-9-10-12-20-47(89)78-40(23-36-28-73-38-18-14-13-17-37(36)38)61(101)80-42(25-46(72)88)62(102)82-44(27-52(96)97)64(104)85-55-35(7)112-69(110)53(32(3)4)83-67(107)54(33(5)22-50(92)93)84-63(103)41(24-45(71)87)79-49(91)30-75-66(106)56(57(111-8)68(108)109)86-58(98)34(6)76-60(100)43(26-51(94)95)81-59(99)39(19-15-21-70)77-48(90)29-74-65(55)105/h13-14,17-18,28,31-35,39-44,53-57,73H,9-12,15-16,19-27,29-30,70H2,1-8H3,(H2,71,87)(H2,72,88)(H,74,105)(H,75,106)(H,76,100)(H,77,90)(H,78,89)(H,79,91)(H,80,101)(H,81,99)(H,82,102)(H,83,107)(H,84,103)(H,85,104)(H,86,98)(H,92,93)(H,94,95)(H,96,97)(H,108,109). The van der Waals surface area contributed by atoms with Gasteiger partial charge in [-0.25, -0.2) is 9.59 Å². The fraction of sp³-hybridized carbons (Fsp3) is 0.594. The summed E-state index contributed by atoms with van der Waals surface area (Å²) in [6.07, 6.45) is -5.10. The fourth-order valence-electron chi connectivity index (χ4n) is 11.4. The Bertz CT molecular complexity index is 3760. The van der Waals surface area contributed by atoms with Gasteiger partial charge in [0.2, 0.25) is 88.6 Å². The van der Waals surface area contributed by atoms with Gasteiger partial charge in [0.05, 0.1) is 45.2 Å². The molecule has 0 spiro atoms. The van der Waals surface area contributed by atoms with Crippen LogP contribution in [0, 0.1) is 17.8 Å². The third kappa shape index (κ3) is 32.3. The number of carbonyl (C=O) groups is 20. The van der Waals surface area contributed by atoms with Crippen molar-refractivity contribution < 1.29 is 126 Å². The summed E-state index contributed by atoms with van der Waals surface area (Å²) in [5, 5.41) is 68.8. The van der Waals surface area contributed by atoms with Gasteiger partial charge in [0.15, 0.2) is 6.10 Å². The molecule has 1 aliphatic rings. The predicted molar refractivity (Wildman–Crippen MR) is 388 cm³/mol. The second-order valence-electron chi connectivity index (χ2n) is 27.5. The second kappa shape index (κ2) is 46.6. The van der Waals surface area contributed by atoms with Crippen molar-refractivity contribution in [2.75, 3.05) is 26.7 Å². The summed E-state index contributed by atoms with van der Waals surface area (Å²) in [6, 6.07) is -15.2. The number of ether oxygens (including phenoxy) is 2. The molecule has 14 atom stereocenters. The zero-order valence-electron chi connectivity index (χ0n) is 63.1. The van der Waals surface area contributed by atoms with Crippen LogP contribution in [-0.2, 0) is 112 Å². The summed E-state index contributed by atoms with van der Waals surface area (Å²) >= 11 is 0. The smallest absolute Gasteiger partial charge is 0.335 e. The topological polar surface area (TPSA) is 691 Å². The normalized spacial score (nSPS) is 21.9. The van der Waals surface area contributed by atoms with E-state index in [2.05, 4.69) is 77.3 Å². The van der Waals surface area contributed by atoms with Gasteiger partial charge >= 0.3 is 29.8 Å². The van der Waals surface area contributed by atoms with Crippen molar-refractivity contribution in [2.45, 2.75) is 217 Å². The molecule has 1 aromatic heterocycles. The molecule has 15 amide bonds. The van der Waals surface area contributed by atoms with Crippen LogP contribution in [0.15, 0.2) is 30.5 Å². The summed E-state index contributed by atoms with van der Waals surface area (Å²) in [6.45, 7) is 7.27. The summed E-state index contributed by atoms with van der Waals surface area (Å²) < 4.78 is 10.6. The number of aliphatic carboxylic acids is 4. The lowest BCUT2D eigenvalue weighted by molar-refractivity contribution is -0.157. The number of benzene rings is 1.